The van der Waals surface area contributed by atoms with Crippen molar-refractivity contribution in [2.75, 3.05) is 0 Å². The Balaban J connectivity index is -0.0000000413. The van der Waals surface area contributed by atoms with E-state index in [9.17, 15) is 0 Å². The molecule has 1 fully saturated rings. The van der Waals surface area contributed by atoms with Gasteiger partial charge in [-0.1, -0.05) is 67.2 Å². The molecule has 0 heteroatoms. The Hall–Kier alpha value is -0.440. The summed E-state index contributed by atoms with van der Waals surface area (Å²) in [6, 6.07) is 0. The van der Waals surface area contributed by atoms with Crippen molar-refractivity contribution in [1.82, 2.24) is 0 Å². The molecule has 1 saturated carbocycles. The molecule has 0 aromatic heterocycles. The van der Waals surface area contributed by atoms with Crippen molar-refractivity contribution in [3.05, 3.63) is 0 Å². The molecule has 0 aliphatic heterocycles. The first-order valence-corrected chi connectivity index (χ1v) is 5.79. The molecule has 0 heterocycles. The number of terminal acetylenes is 1. The topological polar surface area (TPSA) is 0 Å². The van der Waals surface area contributed by atoms with Crippen LogP contribution < -0.4 is 0 Å². The van der Waals surface area contributed by atoms with Gasteiger partial charge in [-0.2, -0.15) is 0 Å². The lowest BCUT2D eigenvalue weighted by Crippen LogP contribution is -1.85. The second-order valence-electron chi connectivity index (χ2n) is 1.70. The van der Waals surface area contributed by atoms with Crippen molar-refractivity contribution in [1.29, 1.82) is 0 Å². The smallest absolute Gasteiger partial charge is 0.00297 e. The zero-order chi connectivity index (χ0) is 11.5. The maximum Gasteiger partial charge on any atom is -0.00297 e. The summed E-state index contributed by atoms with van der Waals surface area (Å²) < 4.78 is 0. The van der Waals surface area contributed by atoms with E-state index in [-0.39, 0.29) is 0 Å². The lowest BCUT2D eigenvalue weighted by Gasteiger charge is -2.05. The minimum absolute atomic E-state index is 1.50. The molecule has 1 aliphatic carbocycles. The van der Waals surface area contributed by atoms with E-state index < -0.39 is 0 Å². The summed E-state index contributed by atoms with van der Waals surface area (Å²) in [5, 5.41) is 0. The molecule has 0 atom stereocenters. The minimum atomic E-state index is 1.50. The van der Waals surface area contributed by atoms with Crippen LogP contribution in [0.25, 0.3) is 0 Å². The van der Waals surface area contributed by atoms with Crippen molar-refractivity contribution in [3.8, 4) is 12.3 Å². The molecule has 0 amide bonds. The van der Waals surface area contributed by atoms with Crippen LogP contribution in [0.2, 0.25) is 0 Å². The molecule has 0 spiro atoms. The minimum Gasteiger partial charge on any atom is -0.120 e. The second-order valence-corrected chi connectivity index (χ2v) is 1.70. The first-order valence-electron chi connectivity index (χ1n) is 5.79. The van der Waals surface area contributed by atoms with Crippen LogP contribution in [0.15, 0.2) is 0 Å². The molecule has 0 nitrogen and oxygen atoms in total. The standard InChI is InChI=1S/C4H8.C3H4.3C2H6/c1-2-4-3-1;1-3-2;3*1-2/h1-4H2;1H,2H3;3*1-2H3. The molecule has 0 aromatic carbocycles. The van der Waals surface area contributed by atoms with Gasteiger partial charge in [0.1, 0.15) is 0 Å². The fourth-order valence-electron chi connectivity index (χ4n) is 0.250. The molecule has 0 N–H and O–H groups in total. The summed E-state index contributed by atoms with van der Waals surface area (Å²) in [4.78, 5) is 0. The first kappa shape index (κ1) is 22.9. The molecule has 0 aromatic rings. The van der Waals surface area contributed by atoms with E-state index in [0.29, 0.717) is 0 Å². The Morgan fingerprint density at radius 2 is 0.769 bits per heavy atom. The van der Waals surface area contributed by atoms with Gasteiger partial charge in [0.05, 0.1) is 0 Å². The van der Waals surface area contributed by atoms with Crippen molar-refractivity contribution in [3.63, 3.8) is 0 Å². The highest BCUT2D eigenvalue weighted by molar-refractivity contribution is 4.73. The lowest BCUT2D eigenvalue weighted by atomic mass is 10.0. The molecule has 0 radical (unpaired) electrons. The van der Waals surface area contributed by atoms with E-state index in [2.05, 4.69) is 12.3 Å². The summed E-state index contributed by atoms with van der Waals surface area (Å²) in [7, 11) is 0. The van der Waals surface area contributed by atoms with Gasteiger partial charge in [-0.25, -0.2) is 0 Å². The number of hydrogen-bond donors (Lipinski definition) is 0. The Morgan fingerprint density at radius 3 is 0.769 bits per heavy atom. The Bertz CT molecular complexity index is 48.9. The van der Waals surface area contributed by atoms with Crippen LogP contribution in [0.5, 0.6) is 0 Å². The van der Waals surface area contributed by atoms with Crippen LogP contribution in [0.3, 0.4) is 0 Å². The van der Waals surface area contributed by atoms with Gasteiger partial charge in [-0.15, -0.1) is 12.3 Å². The predicted octanol–water partition coefficient (Wildman–Crippen LogP) is 5.28. The molecular weight excluding hydrogens is 156 g/mol. The summed E-state index contributed by atoms with van der Waals surface area (Å²) in [6.07, 6.45) is 10.6. The maximum absolute atomic E-state index is 4.60. The van der Waals surface area contributed by atoms with Gasteiger partial charge >= 0.3 is 0 Å². The zero-order valence-electron chi connectivity index (χ0n) is 10.9. The summed E-state index contributed by atoms with van der Waals surface area (Å²) in [5.74, 6) is 2.25. The van der Waals surface area contributed by atoms with Crippen LogP contribution in [0.4, 0.5) is 0 Å². The van der Waals surface area contributed by atoms with E-state index in [1.165, 1.54) is 25.7 Å². The second kappa shape index (κ2) is 62.0. The molecule has 1 rings (SSSR count). The average Bonchev–Trinajstić information content (AvgIpc) is 2.12. The lowest BCUT2D eigenvalue weighted by molar-refractivity contribution is 0.504. The van der Waals surface area contributed by atoms with E-state index in [1.54, 1.807) is 6.92 Å². The third-order valence-electron chi connectivity index (χ3n) is 1.000. The average molecular weight is 186 g/mol. The van der Waals surface area contributed by atoms with Crippen LogP contribution in [0, 0.1) is 12.3 Å². The fraction of sp³-hybridized carbons (Fsp3) is 0.846. The highest BCUT2D eigenvalue weighted by atomic mass is 14.0. The van der Waals surface area contributed by atoms with Gasteiger partial charge in [0, 0.05) is 0 Å². The number of hydrogen-bond acceptors (Lipinski definition) is 0. The molecule has 82 valence electrons. The SMILES string of the molecule is C#CC.C1CCC1.CC.CC.CC. The third-order valence-corrected chi connectivity index (χ3v) is 1.000. The van der Waals surface area contributed by atoms with Crippen molar-refractivity contribution < 1.29 is 0 Å². The normalized spacial score (nSPS) is 9.38. The van der Waals surface area contributed by atoms with Gasteiger partial charge in [0.15, 0.2) is 0 Å². The third kappa shape index (κ3) is 83.4. The highest BCUT2D eigenvalue weighted by Gasteiger charge is 1.95. The van der Waals surface area contributed by atoms with E-state index in [4.69, 9.17) is 0 Å². The summed E-state index contributed by atoms with van der Waals surface area (Å²) in [5.41, 5.74) is 0. The Labute approximate surface area is 87.1 Å². The highest BCUT2D eigenvalue weighted by Crippen LogP contribution is 2.15. The van der Waals surface area contributed by atoms with Crippen LogP contribution in [-0.2, 0) is 0 Å². The predicted molar refractivity (Wildman–Crippen MR) is 67.0 cm³/mol. The molecule has 0 saturated heterocycles. The van der Waals surface area contributed by atoms with Gasteiger partial charge < -0.3 is 0 Å². The van der Waals surface area contributed by atoms with E-state index >= 15 is 0 Å². The molecule has 1 aliphatic rings. The fourth-order valence-corrected chi connectivity index (χ4v) is 0.250. The van der Waals surface area contributed by atoms with Crippen LogP contribution >= 0.6 is 0 Å². The van der Waals surface area contributed by atoms with Crippen molar-refractivity contribution >= 4 is 0 Å². The first-order chi connectivity index (χ1) is 6.41. The maximum atomic E-state index is 4.60. The van der Waals surface area contributed by atoms with Gasteiger partial charge in [-0.3, -0.25) is 0 Å². The monoisotopic (exact) mass is 186 g/mol. The quantitative estimate of drug-likeness (QED) is 0.452. The summed E-state index contributed by atoms with van der Waals surface area (Å²) >= 11 is 0. The largest absolute Gasteiger partial charge is 0.120 e. The Kier molecular flexibility index (Phi) is 109. The molecule has 13 heavy (non-hydrogen) atoms. The van der Waals surface area contributed by atoms with Gasteiger partial charge in [-0.05, 0) is 6.92 Å². The molecule has 0 unspecified atom stereocenters. The zero-order valence-corrected chi connectivity index (χ0v) is 10.9. The number of rotatable bonds is 0. The van der Waals surface area contributed by atoms with E-state index in [0.717, 1.165) is 0 Å². The van der Waals surface area contributed by atoms with Crippen molar-refractivity contribution in [2.24, 2.45) is 0 Å². The summed E-state index contributed by atoms with van der Waals surface area (Å²) in [6.45, 7) is 13.7. The molecule has 0 bridgehead atoms. The molecular formula is C13H30. The van der Waals surface area contributed by atoms with E-state index in [1.807, 2.05) is 41.5 Å². The van der Waals surface area contributed by atoms with Crippen molar-refractivity contribution in [2.45, 2.75) is 74.1 Å². The van der Waals surface area contributed by atoms with Crippen LogP contribution in [-0.4, -0.2) is 0 Å². The Morgan fingerprint density at radius 1 is 0.692 bits per heavy atom. The van der Waals surface area contributed by atoms with Crippen LogP contribution in [0.1, 0.15) is 74.1 Å². The van der Waals surface area contributed by atoms with Gasteiger partial charge in [0.2, 0.25) is 0 Å². The van der Waals surface area contributed by atoms with Gasteiger partial charge in [0.25, 0.3) is 0 Å².